The fourth-order valence-electron chi connectivity index (χ4n) is 2.44. The van der Waals surface area contributed by atoms with Gasteiger partial charge in [0.2, 0.25) is 4.96 Å². The van der Waals surface area contributed by atoms with E-state index in [0.29, 0.717) is 5.02 Å². The molecule has 4 aromatic rings. The molecule has 0 atom stereocenters. The number of furan rings is 1. The van der Waals surface area contributed by atoms with Crippen molar-refractivity contribution in [1.82, 2.24) is 19.8 Å². The van der Waals surface area contributed by atoms with Gasteiger partial charge in [-0.25, -0.2) is 0 Å². The van der Waals surface area contributed by atoms with Crippen LogP contribution in [0.2, 0.25) is 5.02 Å². The molecule has 0 radical (unpaired) electrons. The van der Waals surface area contributed by atoms with Gasteiger partial charge in [0, 0.05) is 17.0 Å². The van der Waals surface area contributed by atoms with Crippen LogP contribution in [0.1, 0.15) is 18.5 Å². The maximum Gasteiger partial charge on any atom is 0.234 e. The van der Waals surface area contributed by atoms with Crippen molar-refractivity contribution in [3.05, 3.63) is 46.9 Å². The Balaban J connectivity index is 1.78. The summed E-state index contributed by atoms with van der Waals surface area (Å²) < 4.78 is 7.70. The van der Waals surface area contributed by atoms with E-state index in [1.165, 1.54) is 11.3 Å². The molecule has 4 rings (SSSR count). The number of aromatic nitrogens is 4. The molecular formula is C16H13ClN4OS. The number of benzene rings is 1. The lowest BCUT2D eigenvalue weighted by Gasteiger charge is -1.95. The second-order valence-corrected chi connectivity index (χ2v) is 6.55. The summed E-state index contributed by atoms with van der Waals surface area (Å²) in [5.74, 6) is 2.50. The van der Waals surface area contributed by atoms with Crippen molar-refractivity contribution in [2.24, 2.45) is 0 Å². The number of rotatable bonds is 3. The smallest absolute Gasteiger partial charge is 0.234 e. The van der Waals surface area contributed by atoms with Gasteiger partial charge in [-0.15, -0.1) is 10.2 Å². The van der Waals surface area contributed by atoms with Gasteiger partial charge in [-0.1, -0.05) is 29.9 Å². The minimum atomic E-state index is 0.706. The summed E-state index contributed by atoms with van der Waals surface area (Å²) in [6.45, 7) is 3.98. The Kier molecular flexibility index (Phi) is 3.43. The summed E-state index contributed by atoms with van der Waals surface area (Å²) in [4.78, 5) is 0.797. The van der Waals surface area contributed by atoms with E-state index in [4.69, 9.17) is 16.0 Å². The zero-order valence-electron chi connectivity index (χ0n) is 12.6. The first-order valence-electron chi connectivity index (χ1n) is 7.23. The second kappa shape index (κ2) is 5.47. The molecule has 23 heavy (non-hydrogen) atoms. The van der Waals surface area contributed by atoms with Crippen molar-refractivity contribution < 1.29 is 4.42 Å². The fourth-order valence-corrected chi connectivity index (χ4v) is 3.49. The van der Waals surface area contributed by atoms with Crippen LogP contribution in [0, 0.1) is 6.92 Å². The Morgan fingerprint density at radius 2 is 2.00 bits per heavy atom. The highest BCUT2D eigenvalue weighted by molar-refractivity contribution is 7.19. The predicted octanol–water partition coefficient (Wildman–Crippen LogP) is 4.64. The van der Waals surface area contributed by atoms with E-state index in [9.17, 15) is 0 Å². The highest BCUT2D eigenvalue weighted by atomic mass is 35.5. The summed E-state index contributed by atoms with van der Waals surface area (Å²) >= 11 is 7.45. The van der Waals surface area contributed by atoms with Gasteiger partial charge >= 0.3 is 0 Å². The number of aryl methyl sites for hydroxylation is 2. The minimum absolute atomic E-state index is 0.706. The summed E-state index contributed by atoms with van der Waals surface area (Å²) in [7, 11) is 0. The molecule has 0 saturated heterocycles. The Morgan fingerprint density at radius 1 is 1.22 bits per heavy atom. The van der Waals surface area contributed by atoms with E-state index in [2.05, 4.69) is 15.3 Å². The van der Waals surface area contributed by atoms with Gasteiger partial charge in [0.05, 0.1) is 5.56 Å². The van der Waals surface area contributed by atoms with Crippen LogP contribution in [0.5, 0.6) is 0 Å². The zero-order valence-corrected chi connectivity index (χ0v) is 14.1. The van der Waals surface area contributed by atoms with Crippen molar-refractivity contribution >= 4 is 27.9 Å². The molecule has 0 fully saturated rings. The van der Waals surface area contributed by atoms with Gasteiger partial charge in [0.15, 0.2) is 10.8 Å². The zero-order chi connectivity index (χ0) is 16.0. The highest BCUT2D eigenvalue weighted by Gasteiger charge is 2.17. The second-order valence-electron chi connectivity index (χ2n) is 5.16. The molecular weight excluding hydrogens is 332 g/mol. The fraction of sp³-hybridized carbons (Fsp3) is 0.188. The molecule has 0 saturated carbocycles. The van der Waals surface area contributed by atoms with Crippen LogP contribution in [0.3, 0.4) is 0 Å². The van der Waals surface area contributed by atoms with Gasteiger partial charge in [-0.2, -0.15) is 9.61 Å². The van der Waals surface area contributed by atoms with Gasteiger partial charge in [0.1, 0.15) is 11.5 Å². The molecule has 3 aromatic heterocycles. The van der Waals surface area contributed by atoms with Crippen molar-refractivity contribution in [3.8, 4) is 21.9 Å². The molecule has 0 amide bonds. The molecule has 0 aliphatic carbocycles. The first kappa shape index (κ1) is 14.4. The van der Waals surface area contributed by atoms with E-state index in [1.54, 1.807) is 4.52 Å². The van der Waals surface area contributed by atoms with Gasteiger partial charge in [-0.3, -0.25) is 0 Å². The molecule has 0 unspecified atom stereocenters. The van der Waals surface area contributed by atoms with Crippen LogP contribution in [-0.4, -0.2) is 19.8 Å². The van der Waals surface area contributed by atoms with E-state index in [-0.39, 0.29) is 0 Å². The van der Waals surface area contributed by atoms with Gasteiger partial charge in [0.25, 0.3) is 0 Å². The first-order valence-corrected chi connectivity index (χ1v) is 8.43. The van der Waals surface area contributed by atoms with Crippen LogP contribution >= 0.6 is 22.9 Å². The third-order valence-electron chi connectivity index (χ3n) is 3.65. The average molecular weight is 345 g/mol. The summed E-state index contributed by atoms with van der Waals surface area (Å²) in [6, 6.07) is 9.60. The molecule has 7 heteroatoms. The first-order chi connectivity index (χ1) is 11.2. The standard InChI is InChI=1S/C16H13ClN4OS/c1-3-14-18-19-16-21(14)20-15(23-16)12-8-13(22-9(12)2)10-4-6-11(17)7-5-10/h4-8H,3H2,1-2H3. The van der Waals surface area contributed by atoms with Crippen LogP contribution in [0.25, 0.3) is 26.9 Å². The Bertz CT molecular complexity index is 984. The van der Waals surface area contributed by atoms with E-state index in [1.807, 2.05) is 44.2 Å². The molecule has 116 valence electrons. The molecule has 0 spiro atoms. The Morgan fingerprint density at radius 3 is 2.74 bits per heavy atom. The largest absolute Gasteiger partial charge is 0.461 e. The Hall–Kier alpha value is -2.18. The number of hydrogen-bond acceptors (Lipinski definition) is 5. The summed E-state index contributed by atoms with van der Waals surface area (Å²) in [5.41, 5.74) is 1.97. The number of nitrogens with zero attached hydrogens (tertiary/aromatic N) is 4. The van der Waals surface area contributed by atoms with Crippen molar-refractivity contribution in [1.29, 1.82) is 0 Å². The summed E-state index contributed by atoms with van der Waals surface area (Å²) in [6.07, 6.45) is 0.796. The van der Waals surface area contributed by atoms with Crippen LogP contribution in [0.4, 0.5) is 0 Å². The average Bonchev–Trinajstić information content (AvgIpc) is 3.21. The van der Waals surface area contributed by atoms with Crippen molar-refractivity contribution in [2.45, 2.75) is 20.3 Å². The predicted molar refractivity (Wildman–Crippen MR) is 90.9 cm³/mol. The number of fused-ring (bicyclic) bond motifs is 1. The monoisotopic (exact) mass is 344 g/mol. The van der Waals surface area contributed by atoms with E-state index >= 15 is 0 Å². The van der Waals surface area contributed by atoms with Crippen LogP contribution in [-0.2, 0) is 6.42 Å². The van der Waals surface area contributed by atoms with E-state index < -0.39 is 0 Å². The minimum Gasteiger partial charge on any atom is -0.461 e. The highest BCUT2D eigenvalue weighted by Crippen LogP contribution is 2.34. The van der Waals surface area contributed by atoms with Crippen molar-refractivity contribution in [3.63, 3.8) is 0 Å². The van der Waals surface area contributed by atoms with Gasteiger partial charge in [-0.05, 0) is 37.3 Å². The summed E-state index contributed by atoms with van der Waals surface area (Å²) in [5, 5.41) is 14.5. The van der Waals surface area contributed by atoms with Crippen LogP contribution < -0.4 is 0 Å². The molecule has 0 bridgehead atoms. The lowest BCUT2D eigenvalue weighted by atomic mass is 10.1. The van der Waals surface area contributed by atoms with Crippen molar-refractivity contribution in [2.75, 3.05) is 0 Å². The molecule has 0 aliphatic rings. The third-order valence-corrected chi connectivity index (χ3v) is 4.83. The maximum atomic E-state index is 5.94. The third kappa shape index (κ3) is 2.44. The molecule has 0 N–H and O–H groups in total. The lowest BCUT2D eigenvalue weighted by Crippen LogP contribution is -1.93. The van der Waals surface area contributed by atoms with E-state index in [0.717, 1.165) is 44.9 Å². The topological polar surface area (TPSA) is 56.2 Å². The molecule has 5 nitrogen and oxygen atoms in total. The van der Waals surface area contributed by atoms with Gasteiger partial charge < -0.3 is 4.42 Å². The van der Waals surface area contributed by atoms with Crippen LogP contribution in [0.15, 0.2) is 34.7 Å². The lowest BCUT2D eigenvalue weighted by molar-refractivity contribution is 0.549. The number of hydrogen-bond donors (Lipinski definition) is 0. The molecule has 0 aliphatic heterocycles. The molecule has 3 heterocycles. The number of halogens is 1. The SMILES string of the molecule is CCc1nnc2sc(-c3cc(-c4ccc(Cl)cc4)oc3C)nn12. The molecule has 1 aromatic carbocycles. The normalized spacial score (nSPS) is 11.4. The maximum absolute atomic E-state index is 5.94. The Labute approximate surface area is 141 Å². The quantitative estimate of drug-likeness (QED) is 0.543.